The number of allylic oxidation sites excluding steroid dienone is 1. The molecule has 1 aliphatic rings. The summed E-state index contributed by atoms with van der Waals surface area (Å²) in [5, 5.41) is 17.6. The number of nitriles is 1. The Kier molecular flexibility index (Phi) is 3.91. The molecular weight excluding hydrogens is 375 g/mol. The maximum absolute atomic E-state index is 9.57. The van der Waals surface area contributed by atoms with E-state index in [2.05, 4.69) is 16.3 Å². The van der Waals surface area contributed by atoms with Crippen LogP contribution in [0.1, 0.15) is 22.9 Å². The van der Waals surface area contributed by atoms with Crippen molar-refractivity contribution in [1.29, 1.82) is 5.26 Å². The summed E-state index contributed by atoms with van der Waals surface area (Å²) in [6.07, 6.45) is 0. The third-order valence-corrected chi connectivity index (χ3v) is 4.80. The van der Waals surface area contributed by atoms with E-state index in [9.17, 15) is 5.26 Å². The highest BCUT2D eigenvalue weighted by Crippen LogP contribution is 2.44. The van der Waals surface area contributed by atoms with Gasteiger partial charge in [-0.25, -0.2) is 0 Å². The fourth-order valence-electron chi connectivity index (χ4n) is 3.02. The van der Waals surface area contributed by atoms with Gasteiger partial charge in [-0.3, -0.25) is 5.10 Å². The third kappa shape index (κ3) is 2.53. The quantitative estimate of drug-likeness (QED) is 0.674. The Morgan fingerprint density at radius 1 is 1.27 bits per heavy atom. The number of rotatable bonds is 2. The molecule has 130 valence electrons. The molecule has 0 saturated carbocycles. The fourth-order valence-corrected chi connectivity index (χ4v) is 3.40. The summed E-state index contributed by atoms with van der Waals surface area (Å²) >= 11 is 12.3. The molecule has 4 rings (SSSR count). The lowest BCUT2D eigenvalue weighted by Crippen LogP contribution is -2.20. The van der Waals surface area contributed by atoms with Crippen LogP contribution in [0.4, 0.5) is 0 Å². The first-order valence-corrected chi connectivity index (χ1v) is 8.42. The number of fused-ring (bicyclic) bond motifs is 1. The molecule has 1 aromatic carbocycles. The first-order chi connectivity index (χ1) is 12.5. The minimum atomic E-state index is -0.519. The number of nitrogens with zero attached hydrogens (tertiary/aromatic N) is 2. The van der Waals surface area contributed by atoms with Crippen molar-refractivity contribution < 1.29 is 9.15 Å². The molecular formula is C18H12Cl2N4O2. The second-order valence-electron chi connectivity index (χ2n) is 5.82. The Labute approximate surface area is 158 Å². The summed E-state index contributed by atoms with van der Waals surface area (Å²) in [6, 6.07) is 10.8. The molecule has 0 aliphatic carbocycles. The van der Waals surface area contributed by atoms with Gasteiger partial charge in [-0.05, 0) is 37.3 Å². The van der Waals surface area contributed by atoms with Crippen LogP contribution < -0.4 is 10.5 Å². The molecule has 0 spiro atoms. The van der Waals surface area contributed by atoms with Gasteiger partial charge in [0.05, 0.1) is 16.5 Å². The van der Waals surface area contributed by atoms with Crippen LogP contribution >= 0.6 is 23.2 Å². The normalized spacial score (nSPS) is 16.2. The molecule has 8 heteroatoms. The Balaban J connectivity index is 1.86. The zero-order valence-electron chi connectivity index (χ0n) is 13.5. The SMILES string of the molecule is Cc1[nH]nc2c1[C@@H](c1ccc(-c3cc(Cl)ccc3Cl)o1)C(C#N)=C(N)O2. The number of nitrogens with two attached hydrogens (primary N) is 1. The Morgan fingerprint density at radius 3 is 2.85 bits per heavy atom. The van der Waals surface area contributed by atoms with Crippen molar-refractivity contribution in [3.05, 3.63) is 68.9 Å². The number of aromatic amines is 1. The highest BCUT2D eigenvalue weighted by Gasteiger charge is 2.36. The molecule has 0 unspecified atom stereocenters. The Morgan fingerprint density at radius 2 is 2.08 bits per heavy atom. The molecule has 26 heavy (non-hydrogen) atoms. The highest BCUT2D eigenvalue weighted by atomic mass is 35.5. The monoisotopic (exact) mass is 386 g/mol. The Bertz CT molecular complexity index is 1090. The molecule has 0 radical (unpaired) electrons. The van der Waals surface area contributed by atoms with Crippen molar-refractivity contribution in [3.63, 3.8) is 0 Å². The summed E-state index contributed by atoms with van der Waals surface area (Å²) in [5.74, 6) is 0.898. The molecule has 2 aromatic heterocycles. The van der Waals surface area contributed by atoms with Crippen LogP contribution in [-0.4, -0.2) is 10.2 Å². The van der Waals surface area contributed by atoms with Crippen LogP contribution in [0.3, 0.4) is 0 Å². The average Bonchev–Trinajstić information content (AvgIpc) is 3.23. The van der Waals surface area contributed by atoms with E-state index in [0.717, 1.165) is 5.69 Å². The number of H-pyrrole nitrogens is 1. The second-order valence-corrected chi connectivity index (χ2v) is 6.66. The molecule has 0 amide bonds. The molecule has 3 heterocycles. The minimum Gasteiger partial charge on any atom is -0.460 e. The van der Waals surface area contributed by atoms with Crippen LogP contribution in [0.15, 0.2) is 46.2 Å². The van der Waals surface area contributed by atoms with Crippen molar-refractivity contribution in [2.75, 3.05) is 0 Å². The number of benzene rings is 1. The van der Waals surface area contributed by atoms with E-state index in [1.165, 1.54) is 0 Å². The van der Waals surface area contributed by atoms with Gasteiger partial charge < -0.3 is 14.9 Å². The number of aromatic nitrogens is 2. The summed E-state index contributed by atoms with van der Waals surface area (Å²) in [7, 11) is 0. The van der Waals surface area contributed by atoms with Gasteiger partial charge in [0.15, 0.2) is 0 Å². The molecule has 6 nitrogen and oxygen atoms in total. The first-order valence-electron chi connectivity index (χ1n) is 7.67. The number of aryl methyl sites for hydroxylation is 1. The largest absolute Gasteiger partial charge is 0.460 e. The zero-order chi connectivity index (χ0) is 18.4. The van der Waals surface area contributed by atoms with Gasteiger partial charge in [-0.15, -0.1) is 5.10 Å². The predicted molar refractivity (Wildman–Crippen MR) is 96.8 cm³/mol. The minimum absolute atomic E-state index is 0.00948. The van der Waals surface area contributed by atoms with E-state index in [1.807, 2.05) is 6.92 Å². The van der Waals surface area contributed by atoms with Crippen molar-refractivity contribution in [1.82, 2.24) is 10.2 Å². The summed E-state index contributed by atoms with van der Waals surface area (Å²) < 4.78 is 11.5. The predicted octanol–water partition coefficient (Wildman–Crippen LogP) is 4.50. The van der Waals surface area contributed by atoms with Crippen LogP contribution in [0.25, 0.3) is 11.3 Å². The number of hydrogen-bond donors (Lipinski definition) is 2. The van der Waals surface area contributed by atoms with Gasteiger partial charge in [-0.2, -0.15) is 5.26 Å². The molecule has 1 atom stereocenters. The van der Waals surface area contributed by atoms with Crippen molar-refractivity contribution in [2.24, 2.45) is 5.73 Å². The highest BCUT2D eigenvalue weighted by molar-refractivity contribution is 6.35. The molecule has 0 bridgehead atoms. The van der Waals surface area contributed by atoms with E-state index in [-0.39, 0.29) is 11.5 Å². The van der Waals surface area contributed by atoms with Crippen LogP contribution in [0.2, 0.25) is 10.0 Å². The van der Waals surface area contributed by atoms with Crippen LogP contribution in [0.5, 0.6) is 5.88 Å². The fraction of sp³-hybridized carbons (Fsp3) is 0.111. The standard InChI is InChI=1S/C18H12Cl2N4O2/c1-8-15-16(11(7-21)17(22)26-18(15)24-23-8)14-5-4-13(25-14)10-6-9(19)2-3-12(10)20/h2-6,16H,22H2,1H3,(H,23,24)/t16-/m1/s1. The van der Waals surface area contributed by atoms with E-state index >= 15 is 0 Å². The van der Waals surface area contributed by atoms with Gasteiger partial charge >= 0.3 is 0 Å². The maximum atomic E-state index is 9.57. The zero-order valence-corrected chi connectivity index (χ0v) is 15.0. The van der Waals surface area contributed by atoms with Crippen molar-refractivity contribution >= 4 is 23.2 Å². The lowest BCUT2D eigenvalue weighted by atomic mass is 9.88. The third-order valence-electron chi connectivity index (χ3n) is 4.23. The van der Waals surface area contributed by atoms with E-state index in [0.29, 0.717) is 38.6 Å². The number of halogens is 2. The molecule has 3 N–H and O–H groups in total. The molecule has 3 aromatic rings. The van der Waals surface area contributed by atoms with Gasteiger partial charge in [0.25, 0.3) is 0 Å². The lowest BCUT2D eigenvalue weighted by molar-refractivity contribution is 0.371. The van der Waals surface area contributed by atoms with Crippen LogP contribution in [0, 0.1) is 18.3 Å². The van der Waals surface area contributed by atoms with E-state index in [4.69, 9.17) is 38.1 Å². The summed E-state index contributed by atoms with van der Waals surface area (Å²) in [5.41, 5.74) is 8.32. The first kappa shape index (κ1) is 16.6. The van der Waals surface area contributed by atoms with Gasteiger partial charge in [0, 0.05) is 16.3 Å². The smallest absolute Gasteiger partial charge is 0.244 e. The number of furan rings is 1. The van der Waals surface area contributed by atoms with Gasteiger partial charge in [0.2, 0.25) is 11.8 Å². The average molecular weight is 387 g/mol. The number of ether oxygens (including phenoxy) is 1. The topological polar surface area (TPSA) is 101 Å². The molecule has 0 fully saturated rings. The van der Waals surface area contributed by atoms with Gasteiger partial charge in [0.1, 0.15) is 23.2 Å². The second kappa shape index (κ2) is 6.13. The summed E-state index contributed by atoms with van der Waals surface area (Å²) in [4.78, 5) is 0. The Hall–Kier alpha value is -2.88. The summed E-state index contributed by atoms with van der Waals surface area (Å²) in [6.45, 7) is 1.84. The molecule has 0 saturated heterocycles. The van der Waals surface area contributed by atoms with Crippen LogP contribution in [-0.2, 0) is 0 Å². The van der Waals surface area contributed by atoms with Crippen molar-refractivity contribution in [2.45, 2.75) is 12.8 Å². The number of hydrogen-bond acceptors (Lipinski definition) is 5. The lowest BCUT2D eigenvalue weighted by Gasteiger charge is -2.21. The molecule has 1 aliphatic heterocycles. The van der Waals surface area contributed by atoms with E-state index < -0.39 is 5.92 Å². The van der Waals surface area contributed by atoms with E-state index in [1.54, 1.807) is 30.3 Å². The number of nitrogens with one attached hydrogen (secondary N) is 1. The maximum Gasteiger partial charge on any atom is 0.244 e. The van der Waals surface area contributed by atoms with Gasteiger partial charge in [-0.1, -0.05) is 23.2 Å². The van der Waals surface area contributed by atoms with Crippen molar-refractivity contribution in [3.8, 4) is 23.3 Å².